The van der Waals surface area contributed by atoms with Crippen molar-refractivity contribution in [3.63, 3.8) is 0 Å². The predicted octanol–water partition coefficient (Wildman–Crippen LogP) is 46.6. The van der Waals surface area contributed by atoms with Crippen LogP contribution in [0.2, 0.25) is 0 Å². The molecule has 714 valence electrons. The molecule has 6 aromatic heterocycles. The Labute approximate surface area is 951 Å². The molecule has 0 unspecified atom stereocenters. The van der Waals surface area contributed by atoms with Gasteiger partial charge in [0.05, 0.1) is 4.90 Å². The fourth-order valence-corrected chi connectivity index (χ4v) is 31.5. The molecule has 0 fully saturated rings. The molecular formula is C127H79Br7O3S10. The Balaban J connectivity index is 0.0000000974. The maximum absolute atomic E-state index is 6.06. The third kappa shape index (κ3) is 23.2. The van der Waals surface area contributed by atoms with Gasteiger partial charge in [0.25, 0.3) is 0 Å². The van der Waals surface area contributed by atoms with Gasteiger partial charge in [-0.25, -0.2) is 0 Å². The largest absolute Gasteiger partial charge is 0.456 e. The van der Waals surface area contributed by atoms with Crippen LogP contribution in [0.15, 0.2) is 580 Å². The van der Waals surface area contributed by atoms with Crippen molar-refractivity contribution in [2.75, 3.05) is 0 Å². The Hall–Kier alpha value is -10.5. The van der Waals surface area contributed by atoms with Crippen LogP contribution < -0.4 is 0 Å². The summed E-state index contributed by atoms with van der Waals surface area (Å²) in [6, 6.07) is 163. The lowest BCUT2D eigenvalue weighted by Crippen LogP contribution is -1.84. The Morgan fingerprint density at radius 1 is 0.184 bits per heavy atom. The zero-order valence-corrected chi connectivity index (χ0v) is 96.9. The summed E-state index contributed by atoms with van der Waals surface area (Å²) in [6.45, 7) is 0. The maximum Gasteiger partial charge on any atom is 0.149 e. The van der Waals surface area contributed by atoms with E-state index in [0.717, 1.165) is 76.1 Å². The Kier molecular flexibility index (Phi) is 32.5. The van der Waals surface area contributed by atoms with E-state index in [9.17, 15) is 0 Å². The minimum atomic E-state index is 0.938. The first kappa shape index (κ1) is 101. The molecule has 0 aliphatic heterocycles. The molecule has 6 heterocycles. The summed E-state index contributed by atoms with van der Waals surface area (Å²) in [6.07, 6.45) is 1.05. The maximum atomic E-state index is 6.06. The fraction of sp³-hybridized carbons (Fsp3) is 0.00787. The Morgan fingerprint density at radius 3 is 1.07 bits per heavy atom. The van der Waals surface area contributed by atoms with E-state index in [4.69, 9.17) is 13.3 Å². The second-order valence-electron chi connectivity index (χ2n) is 33.8. The highest BCUT2D eigenvalue weighted by Crippen LogP contribution is 2.51. The van der Waals surface area contributed by atoms with Crippen LogP contribution in [0.4, 0.5) is 0 Å². The number of benzene rings is 21. The van der Waals surface area contributed by atoms with E-state index in [-0.39, 0.29) is 0 Å². The molecule has 27 aromatic rings. The third-order valence-corrected chi connectivity index (χ3v) is 42.4. The van der Waals surface area contributed by atoms with Gasteiger partial charge in [-0.3, -0.25) is 0 Å². The number of rotatable bonds is 14. The molecule has 28 rings (SSSR count). The van der Waals surface area contributed by atoms with Crippen molar-refractivity contribution in [3.05, 3.63) is 510 Å². The van der Waals surface area contributed by atoms with Crippen LogP contribution in [0.1, 0.15) is 11.1 Å². The zero-order valence-electron chi connectivity index (χ0n) is 77.6. The van der Waals surface area contributed by atoms with Gasteiger partial charge >= 0.3 is 0 Å². The number of hydrogen-bond acceptors (Lipinski definition) is 13. The summed E-state index contributed by atoms with van der Waals surface area (Å²) >= 11 is 43.4. The lowest BCUT2D eigenvalue weighted by Gasteiger charge is -2.10. The predicted molar refractivity (Wildman–Crippen MR) is 662 cm³/mol. The summed E-state index contributed by atoms with van der Waals surface area (Å²) in [5.74, 6) is 0. The molecule has 0 radical (unpaired) electrons. The van der Waals surface area contributed by atoms with Gasteiger partial charge in [0, 0.05) is 188 Å². The van der Waals surface area contributed by atoms with Crippen LogP contribution in [-0.4, -0.2) is 0 Å². The van der Waals surface area contributed by atoms with Gasteiger partial charge in [-0.15, -0.1) is 34.0 Å². The number of halogens is 7. The molecule has 0 bridgehead atoms. The molecule has 3 nitrogen and oxygen atoms in total. The Bertz CT molecular complexity index is 9170. The Morgan fingerprint density at radius 2 is 0.503 bits per heavy atom. The smallest absolute Gasteiger partial charge is 0.149 e. The molecule has 20 heteroatoms. The van der Waals surface area contributed by atoms with Gasteiger partial charge in [-0.2, -0.15) is 0 Å². The van der Waals surface area contributed by atoms with E-state index in [1.807, 2.05) is 166 Å². The first-order chi connectivity index (χ1) is 72.2. The van der Waals surface area contributed by atoms with Crippen molar-refractivity contribution in [2.45, 2.75) is 75.0 Å². The molecule has 147 heavy (non-hydrogen) atoms. The van der Waals surface area contributed by atoms with Gasteiger partial charge < -0.3 is 13.3 Å². The molecular weight excluding hydrogens is 2450 g/mol. The van der Waals surface area contributed by atoms with Crippen molar-refractivity contribution < 1.29 is 13.3 Å². The van der Waals surface area contributed by atoms with Crippen molar-refractivity contribution in [1.29, 1.82) is 0 Å². The average Bonchev–Trinajstić information content (AvgIpc) is 1.61. The highest BCUT2D eigenvalue weighted by atomic mass is 79.9. The van der Waals surface area contributed by atoms with Crippen LogP contribution in [-0.2, 0) is 6.42 Å². The van der Waals surface area contributed by atoms with E-state index in [1.54, 1.807) is 47.0 Å². The minimum Gasteiger partial charge on any atom is -0.456 e. The second-order valence-corrected chi connectivity index (χ2v) is 50.7. The van der Waals surface area contributed by atoms with Crippen molar-refractivity contribution in [1.82, 2.24) is 0 Å². The number of fused-ring (bicyclic) bond motifs is 21. The van der Waals surface area contributed by atoms with E-state index in [0.29, 0.717) is 0 Å². The zero-order chi connectivity index (χ0) is 99.6. The van der Waals surface area contributed by atoms with Gasteiger partial charge in [0.15, 0.2) is 0 Å². The molecule has 0 saturated heterocycles. The average molecular weight is 2530 g/mol. The lowest BCUT2D eigenvalue weighted by molar-refractivity contribution is 0.660. The fourth-order valence-electron chi connectivity index (χ4n) is 17.5. The molecule has 0 saturated carbocycles. The van der Waals surface area contributed by atoms with Crippen LogP contribution in [0.3, 0.4) is 0 Å². The quantitative estimate of drug-likeness (QED) is 0.105. The van der Waals surface area contributed by atoms with E-state index in [1.165, 1.54) is 179 Å². The first-order valence-corrected chi connectivity index (χ1v) is 60.6. The van der Waals surface area contributed by atoms with Crippen LogP contribution in [0.25, 0.3) is 137 Å². The molecule has 0 amide bonds. The van der Waals surface area contributed by atoms with Crippen LogP contribution in [0.5, 0.6) is 0 Å². The first-order valence-electron chi connectivity index (χ1n) is 46.9. The normalized spacial score (nSPS) is 11.4. The highest BCUT2D eigenvalue weighted by Gasteiger charge is 2.24. The third-order valence-electron chi connectivity index (χ3n) is 24.3. The SMILES string of the molecule is Brc1ccccc1Sc1ccc2c(c1)oc1ccccc12.Brc1ccccc1Sc1ccc2c(c1)sc1ccccc12.Brc1ccccc1Sc1ccc2oc3ccccc3c2c1.Brc1ccccc1Sc1cccc2c1-c1ccccc1C2.Brc1ccccc1Sc1cccc2c1oc1ccccc12.Brc1ccccc1Sc1cccc2c1sc1ccccc12.Brc1ccccc1Sc1cccc2sc3ccccc3c12. The molecule has 0 spiro atoms. The van der Waals surface area contributed by atoms with E-state index in [2.05, 4.69) is 482 Å². The van der Waals surface area contributed by atoms with Crippen LogP contribution >= 0.6 is 228 Å². The molecule has 0 N–H and O–H groups in total. The van der Waals surface area contributed by atoms with E-state index < -0.39 is 0 Å². The molecule has 0 atom stereocenters. The summed E-state index contributed by atoms with van der Waals surface area (Å²) in [5.41, 5.74) is 11.3. The van der Waals surface area contributed by atoms with Crippen molar-refractivity contribution in [3.8, 4) is 11.1 Å². The summed E-state index contributed by atoms with van der Waals surface area (Å²) < 4.78 is 33.9. The van der Waals surface area contributed by atoms with Gasteiger partial charge in [0.1, 0.15) is 33.5 Å². The number of para-hydroxylation sites is 4. The van der Waals surface area contributed by atoms with Crippen LogP contribution in [0, 0.1) is 0 Å². The molecule has 1 aliphatic rings. The van der Waals surface area contributed by atoms with Gasteiger partial charge in [0.2, 0.25) is 0 Å². The molecule has 21 aromatic carbocycles. The van der Waals surface area contributed by atoms with E-state index >= 15 is 0 Å². The lowest BCUT2D eigenvalue weighted by atomic mass is 10.1. The minimum absolute atomic E-state index is 0.938. The number of furan rings is 3. The molecule has 1 aliphatic carbocycles. The number of thiophene rings is 3. The van der Waals surface area contributed by atoms with Gasteiger partial charge in [-0.05, 0) is 340 Å². The van der Waals surface area contributed by atoms with Crippen molar-refractivity contribution in [2.24, 2.45) is 0 Å². The van der Waals surface area contributed by atoms with Crippen molar-refractivity contribution >= 4 is 354 Å². The van der Waals surface area contributed by atoms with Gasteiger partial charge in [-0.1, -0.05) is 349 Å². The second kappa shape index (κ2) is 47.4. The topological polar surface area (TPSA) is 39.4 Å². The summed E-state index contributed by atoms with van der Waals surface area (Å²) in [5, 5.41) is 15.2. The monoisotopic (exact) mass is 2520 g/mol. The highest BCUT2D eigenvalue weighted by molar-refractivity contribution is 9.11. The summed E-state index contributed by atoms with van der Waals surface area (Å²) in [7, 11) is 0. The standard InChI is InChI=1S/C19H13BrS.3C18H11BrOS.3C18H11BrS2/c20-16-9-3-4-10-17(16)21-18-11-5-7-14-12-13-6-1-2-8-15(13)19(14)18;19-14-8-2-4-10-16(14)21-17-11-5-7-13-12-6-1-3-9-15(12)20-18(13)17;19-15-6-2-4-8-18(15)21-12-9-10-17-14(11-12)13-5-1-3-7-16(13)20-17;19-15-6-2-4-8-18(15)21-12-9-10-14-13-5-1-3-7-16(13)20-17(14)11-12;19-14-8-2-4-10-16(14)20-17-11-5-7-13-12-6-1-3-9-15(12)21-18(13)17;19-13-7-2-4-9-15(13)21-17-11-5-10-16-18(17)12-6-1-3-8-14(12)20-16;19-15-6-2-4-8-17(15)20-12-9-10-14-13-5-1-3-7-16(13)21-18(14)11-12/h1-11H,12H2;6*1-11H. The summed E-state index contributed by atoms with van der Waals surface area (Å²) in [4.78, 5) is 17.4. The number of hydrogen-bond donors (Lipinski definition) is 0.